The Kier molecular flexibility index (Phi) is 3.58. The van der Waals surface area contributed by atoms with Crippen LogP contribution in [0.15, 0.2) is 4.52 Å². The van der Waals surface area contributed by atoms with E-state index in [-0.39, 0.29) is 0 Å². The van der Waals surface area contributed by atoms with Crippen LogP contribution in [0.5, 0.6) is 0 Å². The molecule has 4 aliphatic carbocycles. The Hall–Kier alpha value is -0.940. The first-order chi connectivity index (χ1) is 10.8. The molecule has 0 radical (unpaired) electrons. The molecule has 0 spiro atoms. The van der Waals surface area contributed by atoms with Crippen LogP contribution in [0.4, 0.5) is 0 Å². The summed E-state index contributed by atoms with van der Waals surface area (Å²) in [6.07, 6.45) is 8.82. The molecule has 0 atom stereocenters. The normalized spacial score (nSPS) is 36.1. The van der Waals surface area contributed by atoms with Crippen molar-refractivity contribution in [3.05, 3.63) is 11.7 Å². The van der Waals surface area contributed by atoms with Gasteiger partial charge < -0.3 is 10.3 Å². The van der Waals surface area contributed by atoms with E-state index in [2.05, 4.69) is 22.1 Å². The largest absolute Gasteiger partial charge is 0.338 e. The third-order valence-electron chi connectivity index (χ3n) is 6.22. The summed E-state index contributed by atoms with van der Waals surface area (Å²) >= 11 is 0. The van der Waals surface area contributed by atoms with Crippen LogP contribution >= 0.6 is 0 Å². The van der Waals surface area contributed by atoms with Crippen molar-refractivity contribution < 1.29 is 4.52 Å². The summed E-state index contributed by atoms with van der Waals surface area (Å²) in [6, 6.07) is 0. The molecule has 5 rings (SSSR count). The lowest BCUT2D eigenvalue weighted by Crippen LogP contribution is -2.50. The van der Waals surface area contributed by atoms with E-state index in [4.69, 9.17) is 10.3 Å². The highest BCUT2D eigenvalue weighted by molar-refractivity contribution is 5.03. The second-order valence-electron chi connectivity index (χ2n) is 9.32. The third-order valence-corrected chi connectivity index (χ3v) is 6.22. The fourth-order valence-electron chi connectivity index (χ4n) is 5.92. The Balaban J connectivity index is 1.40. The Morgan fingerprint density at radius 1 is 1.17 bits per heavy atom. The highest BCUT2D eigenvalue weighted by Gasteiger charge is 2.51. The van der Waals surface area contributed by atoms with E-state index in [1.807, 2.05) is 13.8 Å². The second-order valence-corrected chi connectivity index (χ2v) is 9.32. The van der Waals surface area contributed by atoms with Crippen molar-refractivity contribution in [1.82, 2.24) is 15.0 Å². The maximum absolute atomic E-state index is 6.04. The number of aromatic nitrogens is 2. The number of nitrogens with two attached hydrogens (primary N) is 1. The van der Waals surface area contributed by atoms with E-state index in [9.17, 15) is 0 Å². The van der Waals surface area contributed by atoms with Crippen LogP contribution in [0.2, 0.25) is 0 Å². The van der Waals surface area contributed by atoms with Crippen molar-refractivity contribution in [1.29, 1.82) is 0 Å². The Morgan fingerprint density at radius 2 is 1.74 bits per heavy atom. The van der Waals surface area contributed by atoms with Crippen LogP contribution in [0.25, 0.3) is 0 Å². The predicted octanol–water partition coefficient (Wildman–Crippen LogP) is 2.91. The molecule has 0 aliphatic heterocycles. The van der Waals surface area contributed by atoms with Gasteiger partial charge in [-0.05, 0) is 82.6 Å². The van der Waals surface area contributed by atoms with Crippen LogP contribution in [-0.4, -0.2) is 28.6 Å². The molecule has 4 bridgehead atoms. The number of nitrogens with zero attached hydrogens (tertiary/aromatic N) is 3. The summed E-state index contributed by atoms with van der Waals surface area (Å²) in [4.78, 5) is 6.85. The van der Waals surface area contributed by atoms with Crippen molar-refractivity contribution in [2.75, 3.05) is 13.6 Å². The fraction of sp³-hybridized carbons (Fsp3) is 0.889. The molecular formula is C18H30N4O. The Labute approximate surface area is 139 Å². The third kappa shape index (κ3) is 3.05. The molecule has 23 heavy (non-hydrogen) atoms. The lowest BCUT2D eigenvalue weighted by Gasteiger charge is -2.57. The van der Waals surface area contributed by atoms with Gasteiger partial charge in [0.25, 0.3) is 0 Å². The van der Waals surface area contributed by atoms with Crippen molar-refractivity contribution in [3.8, 4) is 0 Å². The molecule has 4 saturated carbocycles. The van der Waals surface area contributed by atoms with E-state index in [1.165, 1.54) is 45.1 Å². The van der Waals surface area contributed by atoms with Crippen LogP contribution in [0.1, 0.15) is 64.1 Å². The summed E-state index contributed by atoms with van der Waals surface area (Å²) < 4.78 is 5.40. The summed E-state index contributed by atoms with van der Waals surface area (Å²) in [5.41, 5.74) is 6.05. The van der Waals surface area contributed by atoms with Crippen molar-refractivity contribution >= 4 is 0 Å². The quantitative estimate of drug-likeness (QED) is 0.904. The summed E-state index contributed by atoms with van der Waals surface area (Å²) in [5.74, 6) is 4.29. The minimum absolute atomic E-state index is 0.541. The zero-order chi connectivity index (χ0) is 16.2. The molecule has 4 aliphatic rings. The maximum atomic E-state index is 6.04. The van der Waals surface area contributed by atoms with Gasteiger partial charge in [0.05, 0.1) is 12.1 Å². The molecule has 0 unspecified atom stereocenters. The van der Waals surface area contributed by atoms with Crippen LogP contribution in [0.3, 0.4) is 0 Å². The van der Waals surface area contributed by atoms with Crippen LogP contribution in [0, 0.1) is 23.2 Å². The molecule has 2 N–H and O–H groups in total. The molecule has 0 saturated heterocycles. The average molecular weight is 318 g/mol. The van der Waals surface area contributed by atoms with Crippen LogP contribution in [-0.2, 0) is 12.1 Å². The molecule has 0 amide bonds. The number of hydrogen-bond donors (Lipinski definition) is 1. The van der Waals surface area contributed by atoms with Crippen molar-refractivity contribution in [2.45, 2.75) is 64.5 Å². The van der Waals surface area contributed by atoms with E-state index in [0.717, 1.165) is 24.3 Å². The molecule has 4 fully saturated rings. The van der Waals surface area contributed by atoms with Gasteiger partial charge in [-0.3, -0.25) is 4.90 Å². The molecular weight excluding hydrogens is 288 g/mol. The van der Waals surface area contributed by atoms with Gasteiger partial charge in [0.1, 0.15) is 0 Å². The number of hydrogen-bond acceptors (Lipinski definition) is 5. The first kappa shape index (κ1) is 15.6. The van der Waals surface area contributed by atoms with Crippen molar-refractivity contribution in [2.24, 2.45) is 28.9 Å². The highest BCUT2D eigenvalue weighted by Crippen LogP contribution is 2.60. The van der Waals surface area contributed by atoms with Gasteiger partial charge in [-0.2, -0.15) is 4.98 Å². The number of rotatable bonds is 5. The standard InChI is InChI=1S/C18H30N4O/c1-17(2,19)16-20-15(23-21-16)10-22(3)11-18-7-12-4-13(8-18)6-14(5-12)9-18/h12-14H,4-11,19H2,1-3H3. The van der Waals surface area contributed by atoms with Gasteiger partial charge in [0, 0.05) is 6.54 Å². The van der Waals surface area contributed by atoms with Gasteiger partial charge in [-0.25, -0.2) is 0 Å². The molecule has 0 aromatic carbocycles. The van der Waals surface area contributed by atoms with Gasteiger partial charge >= 0.3 is 0 Å². The van der Waals surface area contributed by atoms with Crippen molar-refractivity contribution in [3.63, 3.8) is 0 Å². The van der Waals surface area contributed by atoms with E-state index < -0.39 is 5.54 Å². The Bertz CT molecular complexity index is 539. The van der Waals surface area contributed by atoms with Gasteiger partial charge in [0.15, 0.2) is 5.82 Å². The lowest BCUT2D eigenvalue weighted by molar-refractivity contribution is -0.0677. The first-order valence-electron chi connectivity index (χ1n) is 9.12. The Morgan fingerprint density at radius 3 is 2.22 bits per heavy atom. The monoisotopic (exact) mass is 318 g/mol. The fourth-order valence-corrected chi connectivity index (χ4v) is 5.92. The zero-order valence-electron chi connectivity index (χ0n) is 14.7. The maximum Gasteiger partial charge on any atom is 0.240 e. The molecule has 1 heterocycles. The average Bonchev–Trinajstić information content (AvgIpc) is 2.84. The SMILES string of the molecule is CN(Cc1nc(C(C)(C)N)no1)CC12CC3CC(CC(C3)C1)C2. The topological polar surface area (TPSA) is 68.2 Å². The van der Waals surface area contributed by atoms with Gasteiger partial charge in [-0.15, -0.1) is 0 Å². The van der Waals surface area contributed by atoms with E-state index >= 15 is 0 Å². The summed E-state index contributed by atoms with van der Waals surface area (Å²) in [5, 5.41) is 4.03. The second kappa shape index (κ2) is 5.28. The summed E-state index contributed by atoms with van der Waals surface area (Å²) in [6.45, 7) is 5.70. The van der Waals surface area contributed by atoms with Crippen LogP contribution < -0.4 is 5.73 Å². The predicted molar refractivity (Wildman–Crippen MR) is 88.5 cm³/mol. The lowest BCUT2D eigenvalue weighted by atomic mass is 9.49. The first-order valence-corrected chi connectivity index (χ1v) is 9.12. The summed E-state index contributed by atoms with van der Waals surface area (Å²) in [7, 11) is 2.19. The zero-order valence-corrected chi connectivity index (χ0v) is 14.7. The highest BCUT2D eigenvalue weighted by atomic mass is 16.5. The molecule has 128 valence electrons. The molecule has 1 aromatic rings. The molecule has 5 nitrogen and oxygen atoms in total. The van der Waals surface area contributed by atoms with Gasteiger partial charge in [0.2, 0.25) is 5.89 Å². The minimum Gasteiger partial charge on any atom is -0.338 e. The minimum atomic E-state index is -0.541. The van der Waals surface area contributed by atoms with Gasteiger partial charge in [-0.1, -0.05) is 5.16 Å². The van der Waals surface area contributed by atoms with E-state index in [0.29, 0.717) is 17.1 Å². The molecule has 1 aromatic heterocycles. The smallest absolute Gasteiger partial charge is 0.240 e. The van der Waals surface area contributed by atoms with E-state index in [1.54, 1.807) is 0 Å². The molecule has 5 heteroatoms.